The molecule has 1 aromatic heterocycles. The van der Waals surface area contributed by atoms with Crippen molar-refractivity contribution in [2.24, 2.45) is 0 Å². The third-order valence-electron chi connectivity index (χ3n) is 4.49. The fraction of sp³-hybridized carbons (Fsp3) is 0.435. The summed E-state index contributed by atoms with van der Waals surface area (Å²) < 4.78 is 19.3. The van der Waals surface area contributed by atoms with Gasteiger partial charge in [0.1, 0.15) is 0 Å². The van der Waals surface area contributed by atoms with E-state index in [2.05, 4.69) is 24.9 Å². The van der Waals surface area contributed by atoms with Crippen molar-refractivity contribution in [1.29, 1.82) is 0 Å². The lowest BCUT2D eigenvalue weighted by atomic mass is 10.1. The quantitative estimate of drug-likeness (QED) is 0.467. The fourth-order valence-corrected chi connectivity index (χ4v) is 2.81. The maximum Gasteiger partial charge on any atom is 0.165 e. The van der Waals surface area contributed by atoms with E-state index in [9.17, 15) is 9.50 Å². The first-order valence-electron chi connectivity index (χ1n) is 9.83. The summed E-state index contributed by atoms with van der Waals surface area (Å²) in [5, 5.41) is 9.27. The molecule has 146 valence electrons. The van der Waals surface area contributed by atoms with Crippen molar-refractivity contribution in [3.8, 4) is 16.9 Å². The lowest BCUT2D eigenvalue weighted by molar-refractivity contribution is 0.0566. The third-order valence-corrected chi connectivity index (χ3v) is 4.49. The highest BCUT2D eigenvalue weighted by Crippen LogP contribution is 2.24. The van der Waals surface area contributed by atoms with Crippen LogP contribution in [0.3, 0.4) is 0 Å². The Hall–Kier alpha value is -2.20. The van der Waals surface area contributed by atoms with Crippen LogP contribution < -0.4 is 0 Å². The van der Waals surface area contributed by atoms with Crippen molar-refractivity contribution >= 4 is 6.08 Å². The lowest BCUT2D eigenvalue weighted by Gasteiger charge is -2.11. The number of aromatic hydroxyl groups is 1. The van der Waals surface area contributed by atoms with E-state index in [0.29, 0.717) is 11.7 Å². The second kappa shape index (κ2) is 11.5. The van der Waals surface area contributed by atoms with E-state index >= 15 is 0 Å². The predicted octanol–water partition coefficient (Wildman–Crippen LogP) is 6.37. The van der Waals surface area contributed by atoms with Crippen LogP contribution in [0.5, 0.6) is 5.75 Å². The summed E-state index contributed by atoms with van der Waals surface area (Å²) in [5.41, 5.74) is 2.39. The molecule has 4 heteroatoms. The van der Waals surface area contributed by atoms with Crippen LogP contribution in [0.4, 0.5) is 4.39 Å². The summed E-state index contributed by atoms with van der Waals surface area (Å²) in [6.07, 6.45) is 12.9. The Bertz CT molecular complexity index is 713. The first kappa shape index (κ1) is 21.1. The molecule has 0 radical (unpaired) electrons. The van der Waals surface area contributed by atoms with Gasteiger partial charge in [0, 0.05) is 18.4 Å². The van der Waals surface area contributed by atoms with Gasteiger partial charge in [0.25, 0.3) is 0 Å². The normalized spacial score (nSPS) is 12.6. The molecule has 0 aliphatic carbocycles. The topological polar surface area (TPSA) is 42.4 Å². The summed E-state index contributed by atoms with van der Waals surface area (Å²) in [5.74, 6) is -0.966. The van der Waals surface area contributed by atoms with Gasteiger partial charge in [0.05, 0.1) is 11.8 Å². The molecule has 1 atom stereocenters. The Labute approximate surface area is 161 Å². The maximum atomic E-state index is 13.5. The second-order valence-electron chi connectivity index (χ2n) is 6.86. The minimum absolute atomic E-state index is 0.318. The van der Waals surface area contributed by atoms with Crippen LogP contribution in [0.25, 0.3) is 17.2 Å². The number of allylic oxidation sites excluding steroid dienone is 1. The Morgan fingerprint density at radius 3 is 2.67 bits per heavy atom. The molecule has 0 bridgehead atoms. The van der Waals surface area contributed by atoms with Crippen LogP contribution in [0.1, 0.15) is 58.1 Å². The Kier molecular flexibility index (Phi) is 8.99. The van der Waals surface area contributed by atoms with Crippen LogP contribution >= 0.6 is 0 Å². The molecule has 27 heavy (non-hydrogen) atoms. The molecular formula is C23H30FNO2. The SMILES string of the molecule is CCCCCOC(C)CCC/C=C/c1ccc(-c2ccc(O)c(F)c2)cn1. The number of aromatic nitrogens is 1. The van der Waals surface area contributed by atoms with E-state index in [1.807, 2.05) is 18.2 Å². The number of hydrogen-bond acceptors (Lipinski definition) is 3. The molecule has 0 amide bonds. The summed E-state index contributed by atoms with van der Waals surface area (Å²) in [4.78, 5) is 4.40. The van der Waals surface area contributed by atoms with Gasteiger partial charge in [0.15, 0.2) is 11.6 Å². The molecule has 2 rings (SSSR count). The molecule has 0 fully saturated rings. The number of nitrogens with zero attached hydrogens (tertiary/aromatic N) is 1. The summed E-state index contributed by atoms with van der Waals surface area (Å²) in [6.45, 7) is 5.21. The van der Waals surface area contributed by atoms with Crippen molar-refractivity contribution in [3.63, 3.8) is 0 Å². The predicted molar refractivity (Wildman–Crippen MR) is 109 cm³/mol. The number of unbranched alkanes of at least 4 members (excludes halogenated alkanes) is 3. The standard InChI is InChI=1S/C23H30FNO2/c1-3-4-8-15-27-18(2)9-6-5-7-10-21-13-11-20(17-25-21)19-12-14-23(26)22(24)16-19/h7,10-14,16-18,26H,3-6,8-9,15H2,1-2H3/b10-7+. The zero-order chi connectivity index (χ0) is 19.5. The van der Waals surface area contributed by atoms with Crippen LogP contribution in [-0.2, 0) is 4.74 Å². The highest BCUT2D eigenvalue weighted by atomic mass is 19.1. The Balaban J connectivity index is 1.73. The number of halogens is 1. The molecule has 2 aromatic rings. The number of rotatable bonds is 11. The molecular weight excluding hydrogens is 341 g/mol. The molecule has 0 saturated heterocycles. The number of phenols is 1. The van der Waals surface area contributed by atoms with E-state index in [0.717, 1.165) is 43.5 Å². The Morgan fingerprint density at radius 2 is 1.96 bits per heavy atom. The van der Waals surface area contributed by atoms with Gasteiger partial charge in [-0.2, -0.15) is 0 Å². The van der Waals surface area contributed by atoms with Gasteiger partial charge in [-0.3, -0.25) is 4.98 Å². The van der Waals surface area contributed by atoms with E-state index in [4.69, 9.17) is 4.74 Å². The van der Waals surface area contributed by atoms with Crippen molar-refractivity contribution in [2.45, 2.75) is 58.5 Å². The average molecular weight is 371 g/mol. The van der Waals surface area contributed by atoms with Crippen LogP contribution in [0.15, 0.2) is 42.6 Å². The van der Waals surface area contributed by atoms with E-state index in [1.54, 1.807) is 12.3 Å². The smallest absolute Gasteiger partial charge is 0.165 e. The molecule has 0 aliphatic rings. The summed E-state index contributed by atoms with van der Waals surface area (Å²) in [6, 6.07) is 8.16. The van der Waals surface area contributed by atoms with Gasteiger partial charge >= 0.3 is 0 Å². The first-order valence-corrected chi connectivity index (χ1v) is 9.83. The van der Waals surface area contributed by atoms with Crippen LogP contribution in [-0.4, -0.2) is 22.8 Å². The largest absolute Gasteiger partial charge is 0.505 e. The summed E-state index contributed by atoms with van der Waals surface area (Å²) >= 11 is 0. The van der Waals surface area contributed by atoms with Crippen molar-refractivity contribution in [1.82, 2.24) is 4.98 Å². The highest BCUT2D eigenvalue weighted by Gasteiger charge is 2.04. The minimum Gasteiger partial charge on any atom is -0.505 e. The van der Waals surface area contributed by atoms with Gasteiger partial charge in [-0.15, -0.1) is 0 Å². The van der Waals surface area contributed by atoms with Gasteiger partial charge in [-0.05, 0) is 62.4 Å². The van der Waals surface area contributed by atoms with E-state index in [1.165, 1.54) is 25.0 Å². The lowest BCUT2D eigenvalue weighted by Crippen LogP contribution is -2.08. The van der Waals surface area contributed by atoms with Gasteiger partial charge in [-0.25, -0.2) is 4.39 Å². The van der Waals surface area contributed by atoms with E-state index in [-0.39, 0.29) is 5.75 Å². The van der Waals surface area contributed by atoms with E-state index < -0.39 is 5.82 Å². The molecule has 1 heterocycles. The number of pyridine rings is 1. The monoisotopic (exact) mass is 371 g/mol. The zero-order valence-electron chi connectivity index (χ0n) is 16.3. The third kappa shape index (κ3) is 7.51. The number of benzene rings is 1. The molecule has 0 saturated carbocycles. The number of hydrogen-bond donors (Lipinski definition) is 1. The van der Waals surface area contributed by atoms with Crippen molar-refractivity contribution in [2.75, 3.05) is 6.61 Å². The van der Waals surface area contributed by atoms with Gasteiger partial charge in [0.2, 0.25) is 0 Å². The second-order valence-corrected chi connectivity index (χ2v) is 6.86. The molecule has 1 unspecified atom stereocenters. The fourth-order valence-electron chi connectivity index (χ4n) is 2.81. The minimum atomic E-state index is -0.625. The molecule has 0 spiro atoms. The zero-order valence-corrected chi connectivity index (χ0v) is 16.3. The first-order chi connectivity index (χ1) is 13.1. The van der Waals surface area contributed by atoms with Crippen LogP contribution in [0.2, 0.25) is 0 Å². The van der Waals surface area contributed by atoms with Crippen molar-refractivity contribution < 1.29 is 14.2 Å². The summed E-state index contributed by atoms with van der Waals surface area (Å²) in [7, 11) is 0. The number of ether oxygens (including phenoxy) is 1. The van der Waals surface area contributed by atoms with Gasteiger partial charge in [-0.1, -0.05) is 38.0 Å². The van der Waals surface area contributed by atoms with Crippen LogP contribution in [0, 0.1) is 5.82 Å². The number of phenolic OH excluding ortho intramolecular Hbond substituents is 1. The average Bonchev–Trinajstić information content (AvgIpc) is 2.68. The van der Waals surface area contributed by atoms with Gasteiger partial charge < -0.3 is 9.84 Å². The van der Waals surface area contributed by atoms with Crippen molar-refractivity contribution in [3.05, 3.63) is 54.1 Å². The molecule has 1 N–H and O–H groups in total. The Morgan fingerprint density at radius 1 is 1.15 bits per heavy atom. The maximum absolute atomic E-state index is 13.5. The highest BCUT2D eigenvalue weighted by molar-refractivity contribution is 5.64. The molecule has 1 aromatic carbocycles. The molecule has 3 nitrogen and oxygen atoms in total. The molecule has 0 aliphatic heterocycles.